The van der Waals surface area contributed by atoms with Gasteiger partial charge in [0.1, 0.15) is 18.0 Å². The van der Waals surface area contributed by atoms with Gasteiger partial charge in [0.25, 0.3) is 6.01 Å². The van der Waals surface area contributed by atoms with Gasteiger partial charge in [-0.2, -0.15) is 4.98 Å². The number of aromatic nitrogens is 2. The average molecular weight is 440 g/mol. The lowest BCUT2D eigenvalue weighted by atomic mass is 10.0. The number of amides is 1. The Balaban J connectivity index is 1.55. The Labute approximate surface area is 187 Å². The van der Waals surface area contributed by atoms with Crippen LogP contribution in [0.4, 0.5) is 9.18 Å². The lowest BCUT2D eigenvalue weighted by Crippen LogP contribution is -2.48. The number of rotatable bonds is 5. The number of benzene rings is 2. The van der Waals surface area contributed by atoms with Crippen molar-refractivity contribution in [1.29, 1.82) is 0 Å². The molecule has 170 valence electrons. The highest BCUT2D eigenvalue weighted by atomic mass is 19.1. The predicted octanol–water partition coefficient (Wildman–Crippen LogP) is 5.39. The molecule has 0 bridgehead atoms. The van der Waals surface area contributed by atoms with Crippen LogP contribution in [0.15, 0.2) is 48.5 Å². The maximum Gasteiger partial charge on any atom is 0.410 e. The van der Waals surface area contributed by atoms with Gasteiger partial charge in [-0.15, -0.1) is 0 Å². The van der Waals surface area contributed by atoms with Crippen molar-refractivity contribution >= 4 is 17.1 Å². The number of para-hydroxylation sites is 2. The van der Waals surface area contributed by atoms with Crippen LogP contribution in [0, 0.1) is 5.82 Å². The Hall–Kier alpha value is -3.09. The van der Waals surface area contributed by atoms with Crippen molar-refractivity contribution < 1.29 is 18.7 Å². The first-order valence-electron chi connectivity index (χ1n) is 11.1. The van der Waals surface area contributed by atoms with Crippen LogP contribution in [0.1, 0.15) is 45.6 Å². The van der Waals surface area contributed by atoms with Crippen LogP contribution in [0.2, 0.25) is 0 Å². The number of nitrogens with zero attached hydrogens (tertiary/aromatic N) is 3. The number of halogens is 1. The summed E-state index contributed by atoms with van der Waals surface area (Å²) >= 11 is 0. The molecule has 0 saturated carbocycles. The van der Waals surface area contributed by atoms with Crippen LogP contribution in [0.5, 0.6) is 6.01 Å². The Morgan fingerprint density at radius 2 is 1.97 bits per heavy atom. The van der Waals surface area contributed by atoms with E-state index in [2.05, 4.69) is 4.98 Å². The SMILES string of the molecule is CC(C)(C)OC(=O)N1CCCC[C@@H]1COc1nc2ccccc2n1Cc1cccc(F)c1. The highest BCUT2D eigenvalue weighted by Crippen LogP contribution is 2.25. The zero-order valence-electron chi connectivity index (χ0n) is 18.9. The van der Waals surface area contributed by atoms with Crippen LogP contribution < -0.4 is 4.74 Å². The lowest BCUT2D eigenvalue weighted by molar-refractivity contribution is 0.00290. The average Bonchev–Trinajstić information content (AvgIpc) is 3.09. The second-order valence-electron chi connectivity index (χ2n) is 9.23. The van der Waals surface area contributed by atoms with Crippen molar-refractivity contribution in [3.63, 3.8) is 0 Å². The van der Waals surface area contributed by atoms with E-state index in [0.717, 1.165) is 35.9 Å². The molecule has 0 radical (unpaired) electrons. The van der Waals surface area contributed by atoms with Crippen LogP contribution in [-0.2, 0) is 11.3 Å². The smallest absolute Gasteiger partial charge is 0.410 e. The molecular formula is C25H30FN3O3. The van der Waals surface area contributed by atoms with Gasteiger partial charge in [-0.05, 0) is 69.9 Å². The molecule has 2 heterocycles. The fraction of sp³-hybridized carbons (Fsp3) is 0.440. The Kier molecular flexibility index (Phi) is 6.35. The first-order valence-corrected chi connectivity index (χ1v) is 11.1. The summed E-state index contributed by atoms with van der Waals surface area (Å²) in [6.07, 6.45) is 2.53. The number of carbonyl (C=O) groups is 1. The molecule has 4 rings (SSSR count). The molecule has 1 aromatic heterocycles. The van der Waals surface area contributed by atoms with Gasteiger partial charge < -0.3 is 14.4 Å². The number of hydrogen-bond donors (Lipinski definition) is 0. The molecule has 0 N–H and O–H groups in total. The molecule has 0 aliphatic carbocycles. The number of carbonyl (C=O) groups excluding carboxylic acids is 1. The zero-order valence-corrected chi connectivity index (χ0v) is 18.9. The van der Waals surface area contributed by atoms with E-state index in [1.54, 1.807) is 11.0 Å². The summed E-state index contributed by atoms with van der Waals surface area (Å²) < 4.78 is 27.5. The largest absolute Gasteiger partial charge is 0.462 e. The van der Waals surface area contributed by atoms with Crippen molar-refractivity contribution in [1.82, 2.24) is 14.5 Å². The second-order valence-corrected chi connectivity index (χ2v) is 9.23. The number of ether oxygens (including phenoxy) is 2. The summed E-state index contributed by atoms with van der Waals surface area (Å²) in [5.41, 5.74) is 2.01. The van der Waals surface area contributed by atoms with Crippen molar-refractivity contribution in [2.45, 2.75) is 58.2 Å². The summed E-state index contributed by atoms with van der Waals surface area (Å²) in [6.45, 7) is 7.03. The molecule has 1 aliphatic heterocycles. The molecule has 6 nitrogen and oxygen atoms in total. The minimum atomic E-state index is -0.543. The number of piperidine rings is 1. The fourth-order valence-electron chi connectivity index (χ4n) is 4.04. The topological polar surface area (TPSA) is 56.6 Å². The van der Waals surface area contributed by atoms with E-state index >= 15 is 0 Å². The van der Waals surface area contributed by atoms with E-state index in [-0.39, 0.29) is 18.0 Å². The minimum Gasteiger partial charge on any atom is -0.462 e. The van der Waals surface area contributed by atoms with Crippen molar-refractivity contribution in [2.75, 3.05) is 13.2 Å². The van der Waals surface area contributed by atoms with Gasteiger partial charge in [0.2, 0.25) is 0 Å². The molecule has 1 saturated heterocycles. The molecule has 1 fully saturated rings. The fourth-order valence-corrected chi connectivity index (χ4v) is 4.04. The zero-order chi connectivity index (χ0) is 22.7. The van der Waals surface area contributed by atoms with Gasteiger partial charge in [-0.25, -0.2) is 9.18 Å². The minimum absolute atomic E-state index is 0.0824. The van der Waals surface area contributed by atoms with Gasteiger partial charge in [-0.3, -0.25) is 4.57 Å². The van der Waals surface area contributed by atoms with E-state index in [0.29, 0.717) is 25.7 Å². The van der Waals surface area contributed by atoms with E-state index in [4.69, 9.17) is 9.47 Å². The third kappa shape index (κ3) is 5.21. The van der Waals surface area contributed by atoms with Gasteiger partial charge >= 0.3 is 6.09 Å². The number of imidazole rings is 1. The predicted molar refractivity (Wildman–Crippen MR) is 121 cm³/mol. The monoisotopic (exact) mass is 439 g/mol. The van der Waals surface area contributed by atoms with Crippen molar-refractivity contribution in [2.24, 2.45) is 0 Å². The van der Waals surface area contributed by atoms with Gasteiger partial charge in [0, 0.05) is 6.54 Å². The Bertz CT molecular complexity index is 1090. The highest BCUT2D eigenvalue weighted by molar-refractivity contribution is 5.76. The number of fused-ring (bicyclic) bond motifs is 1. The molecule has 1 atom stereocenters. The van der Waals surface area contributed by atoms with E-state index < -0.39 is 5.60 Å². The molecule has 32 heavy (non-hydrogen) atoms. The Morgan fingerprint density at radius 1 is 1.16 bits per heavy atom. The molecule has 0 spiro atoms. The molecule has 7 heteroatoms. The van der Waals surface area contributed by atoms with Crippen LogP contribution in [-0.4, -0.2) is 45.3 Å². The van der Waals surface area contributed by atoms with E-state index in [1.807, 2.05) is 55.7 Å². The van der Waals surface area contributed by atoms with Crippen molar-refractivity contribution in [3.8, 4) is 6.01 Å². The lowest BCUT2D eigenvalue weighted by Gasteiger charge is -2.36. The molecular weight excluding hydrogens is 409 g/mol. The second kappa shape index (κ2) is 9.18. The van der Waals surface area contributed by atoms with Gasteiger partial charge in [0.05, 0.1) is 23.6 Å². The van der Waals surface area contributed by atoms with Crippen LogP contribution in [0.3, 0.4) is 0 Å². The third-order valence-corrected chi connectivity index (χ3v) is 5.51. The maximum atomic E-state index is 13.7. The summed E-state index contributed by atoms with van der Waals surface area (Å²) in [7, 11) is 0. The van der Waals surface area contributed by atoms with Crippen LogP contribution >= 0.6 is 0 Å². The van der Waals surface area contributed by atoms with E-state index in [9.17, 15) is 9.18 Å². The maximum absolute atomic E-state index is 13.7. The normalized spacial score (nSPS) is 16.9. The molecule has 3 aromatic rings. The summed E-state index contributed by atoms with van der Waals surface area (Å²) in [4.78, 5) is 19.1. The number of hydrogen-bond acceptors (Lipinski definition) is 4. The van der Waals surface area contributed by atoms with Gasteiger partial charge in [0.15, 0.2) is 0 Å². The molecule has 0 unspecified atom stereocenters. The Morgan fingerprint density at radius 3 is 2.75 bits per heavy atom. The van der Waals surface area contributed by atoms with Crippen LogP contribution in [0.25, 0.3) is 11.0 Å². The third-order valence-electron chi connectivity index (χ3n) is 5.51. The standard InChI is InChI=1S/C25H30FN3O3/c1-25(2,3)32-24(30)28-14-7-6-11-20(28)17-31-23-27-21-12-4-5-13-22(21)29(23)16-18-9-8-10-19(26)15-18/h4-5,8-10,12-13,15,20H,6-7,11,14,16-17H2,1-3H3/t20-/m1/s1. The molecule has 2 aromatic carbocycles. The molecule has 1 amide bonds. The first-order chi connectivity index (χ1) is 15.3. The summed E-state index contributed by atoms with van der Waals surface area (Å²) in [6, 6.07) is 14.7. The number of likely N-dealkylation sites (tertiary alicyclic amines) is 1. The molecule has 1 aliphatic rings. The highest BCUT2D eigenvalue weighted by Gasteiger charge is 2.31. The summed E-state index contributed by atoms with van der Waals surface area (Å²) in [5.74, 6) is -0.274. The summed E-state index contributed by atoms with van der Waals surface area (Å²) in [5, 5.41) is 0. The van der Waals surface area contributed by atoms with E-state index in [1.165, 1.54) is 12.1 Å². The van der Waals surface area contributed by atoms with Gasteiger partial charge in [-0.1, -0.05) is 24.3 Å². The quantitative estimate of drug-likeness (QED) is 0.535. The van der Waals surface area contributed by atoms with Crippen molar-refractivity contribution in [3.05, 3.63) is 59.9 Å². The first kappa shape index (κ1) is 22.1.